The van der Waals surface area contributed by atoms with Crippen LogP contribution >= 0.6 is 11.6 Å². The van der Waals surface area contributed by atoms with Crippen molar-refractivity contribution in [1.29, 1.82) is 0 Å². The fourth-order valence-corrected chi connectivity index (χ4v) is 1.62. The van der Waals surface area contributed by atoms with Crippen molar-refractivity contribution < 1.29 is 4.73 Å². The Labute approximate surface area is 92.6 Å². The Morgan fingerprint density at radius 2 is 2.20 bits per heavy atom. The number of aryl methyl sites for hydroxylation is 1. The van der Waals surface area contributed by atoms with Crippen LogP contribution in [0.15, 0.2) is 36.7 Å². The third-order valence-corrected chi connectivity index (χ3v) is 2.37. The Bertz CT molecular complexity index is 479. The molecule has 4 heteroatoms. The van der Waals surface area contributed by atoms with Crippen molar-refractivity contribution in [3.8, 4) is 11.4 Å². The van der Waals surface area contributed by atoms with Crippen LogP contribution in [0, 0.1) is 12.1 Å². The molecule has 0 atom stereocenters. The van der Waals surface area contributed by atoms with Gasteiger partial charge in [-0.2, -0.15) is 4.73 Å². The second kappa shape index (κ2) is 3.87. The molecule has 0 saturated heterocycles. The number of halogens is 1. The van der Waals surface area contributed by atoms with Crippen LogP contribution in [0.4, 0.5) is 0 Å². The molecule has 0 radical (unpaired) electrons. The van der Waals surface area contributed by atoms with Gasteiger partial charge in [0, 0.05) is 12.3 Å². The zero-order valence-corrected chi connectivity index (χ0v) is 8.90. The quantitative estimate of drug-likeness (QED) is 0.547. The minimum atomic E-state index is 0.392. The van der Waals surface area contributed by atoms with Gasteiger partial charge in [-0.1, -0.05) is 11.6 Å². The van der Waals surface area contributed by atoms with Gasteiger partial charge >= 0.3 is 0 Å². The van der Waals surface area contributed by atoms with Crippen LogP contribution in [-0.4, -0.2) is 4.98 Å². The van der Waals surface area contributed by atoms with Crippen molar-refractivity contribution in [1.82, 2.24) is 4.98 Å². The van der Waals surface area contributed by atoms with E-state index in [-0.39, 0.29) is 0 Å². The van der Waals surface area contributed by atoms with Crippen molar-refractivity contribution in [3.05, 3.63) is 52.5 Å². The van der Waals surface area contributed by atoms with Gasteiger partial charge < -0.3 is 5.21 Å². The fourth-order valence-electron chi connectivity index (χ4n) is 1.37. The van der Waals surface area contributed by atoms with E-state index < -0.39 is 0 Å². The Morgan fingerprint density at radius 3 is 2.87 bits per heavy atom. The van der Waals surface area contributed by atoms with E-state index in [0.717, 1.165) is 10.3 Å². The van der Waals surface area contributed by atoms with E-state index in [1.165, 1.54) is 6.20 Å². The van der Waals surface area contributed by atoms with Gasteiger partial charge in [0.25, 0.3) is 5.69 Å². The smallest absolute Gasteiger partial charge is 0.261 e. The predicted molar refractivity (Wildman–Crippen MR) is 58.4 cm³/mol. The zero-order chi connectivity index (χ0) is 10.8. The van der Waals surface area contributed by atoms with Gasteiger partial charge in [-0.25, -0.2) is 4.98 Å². The van der Waals surface area contributed by atoms with E-state index in [0.29, 0.717) is 16.4 Å². The third-order valence-electron chi connectivity index (χ3n) is 2.07. The summed E-state index contributed by atoms with van der Waals surface area (Å²) in [5, 5.41) is 12.0. The SMILES string of the molecule is Cc1ccnc(-c2c(Cl)ccc[n+]2[O-])c1. The normalized spacial score (nSPS) is 10.3. The molecule has 0 unspecified atom stereocenters. The van der Waals surface area contributed by atoms with Crippen molar-refractivity contribution in [3.63, 3.8) is 0 Å². The highest BCUT2D eigenvalue weighted by Gasteiger charge is 2.14. The molecule has 0 saturated carbocycles. The number of hydrogen-bond donors (Lipinski definition) is 0. The summed E-state index contributed by atoms with van der Waals surface area (Å²) in [4.78, 5) is 4.13. The van der Waals surface area contributed by atoms with Crippen LogP contribution in [0.5, 0.6) is 0 Å². The molecule has 0 aliphatic heterocycles. The molecule has 2 aromatic rings. The minimum Gasteiger partial charge on any atom is -0.618 e. The van der Waals surface area contributed by atoms with E-state index >= 15 is 0 Å². The number of rotatable bonds is 1. The van der Waals surface area contributed by atoms with E-state index in [1.807, 2.05) is 19.1 Å². The largest absolute Gasteiger partial charge is 0.618 e. The first-order chi connectivity index (χ1) is 7.18. The summed E-state index contributed by atoms with van der Waals surface area (Å²) >= 11 is 5.96. The highest BCUT2D eigenvalue weighted by molar-refractivity contribution is 6.32. The maximum atomic E-state index is 11.5. The molecular formula is C11H9ClN2O. The minimum absolute atomic E-state index is 0.392. The molecular weight excluding hydrogens is 212 g/mol. The van der Waals surface area contributed by atoms with E-state index in [9.17, 15) is 5.21 Å². The van der Waals surface area contributed by atoms with Crippen molar-refractivity contribution in [2.24, 2.45) is 0 Å². The lowest BCUT2D eigenvalue weighted by Crippen LogP contribution is -2.28. The topological polar surface area (TPSA) is 39.8 Å². The van der Waals surface area contributed by atoms with Crippen LogP contribution in [0.25, 0.3) is 11.4 Å². The zero-order valence-electron chi connectivity index (χ0n) is 8.14. The molecule has 2 heterocycles. The summed E-state index contributed by atoms with van der Waals surface area (Å²) in [6.07, 6.45) is 3.07. The fraction of sp³-hybridized carbons (Fsp3) is 0.0909. The van der Waals surface area contributed by atoms with Gasteiger partial charge in [-0.3, -0.25) is 0 Å². The number of hydrogen-bond acceptors (Lipinski definition) is 2. The molecule has 2 rings (SSSR count). The van der Waals surface area contributed by atoms with Crippen LogP contribution in [0.3, 0.4) is 0 Å². The van der Waals surface area contributed by atoms with Crippen molar-refractivity contribution in [2.75, 3.05) is 0 Å². The number of pyridine rings is 2. The Balaban J connectivity index is 2.63. The average Bonchev–Trinajstić information content (AvgIpc) is 2.17. The number of aromatic nitrogens is 2. The lowest BCUT2D eigenvalue weighted by Gasteiger charge is -2.05. The summed E-state index contributed by atoms with van der Waals surface area (Å²) in [6.45, 7) is 1.94. The predicted octanol–water partition coefficient (Wildman–Crippen LogP) is 2.34. The molecule has 0 aliphatic rings. The molecule has 0 bridgehead atoms. The average molecular weight is 221 g/mol. The molecule has 0 fully saturated rings. The molecule has 15 heavy (non-hydrogen) atoms. The Kier molecular flexibility index (Phi) is 2.56. The summed E-state index contributed by atoms with van der Waals surface area (Å²) in [7, 11) is 0. The van der Waals surface area contributed by atoms with Gasteiger partial charge in [0.05, 0.1) is 0 Å². The first kappa shape index (κ1) is 9.93. The summed E-state index contributed by atoms with van der Waals surface area (Å²) < 4.78 is 0.726. The molecule has 0 amide bonds. The first-order valence-corrected chi connectivity index (χ1v) is 4.87. The first-order valence-electron chi connectivity index (χ1n) is 4.49. The molecule has 2 aromatic heterocycles. The van der Waals surface area contributed by atoms with Gasteiger partial charge in [0.1, 0.15) is 10.7 Å². The molecule has 0 aromatic carbocycles. The number of nitrogens with zero attached hydrogens (tertiary/aromatic N) is 2. The molecule has 76 valence electrons. The maximum Gasteiger partial charge on any atom is 0.261 e. The van der Waals surface area contributed by atoms with E-state index in [2.05, 4.69) is 4.98 Å². The van der Waals surface area contributed by atoms with Crippen LogP contribution in [-0.2, 0) is 0 Å². The maximum absolute atomic E-state index is 11.5. The standard InChI is InChI=1S/C11H9ClN2O/c1-8-4-5-13-10(7-8)11-9(12)3-2-6-14(11)15/h2-7H,1H3. The van der Waals surface area contributed by atoms with Crippen LogP contribution < -0.4 is 4.73 Å². The lowest BCUT2D eigenvalue weighted by atomic mass is 10.2. The lowest BCUT2D eigenvalue weighted by molar-refractivity contribution is -0.593. The van der Waals surface area contributed by atoms with Crippen molar-refractivity contribution in [2.45, 2.75) is 6.92 Å². The second-order valence-corrected chi connectivity index (χ2v) is 3.66. The highest BCUT2D eigenvalue weighted by atomic mass is 35.5. The molecule has 0 N–H and O–H groups in total. The van der Waals surface area contributed by atoms with Gasteiger partial charge in [0.2, 0.25) is 0 Å². The Morgan fingerprint density at radius 1 is 1.40 bits per heavy atom. The van der Waals surface area contributed by atoms with Gasteiger partial charge in [-0.15, -0.1) is 0 Å². The van der Waals surface area contributed by atoms with Crippen LogP contribution in [0.1, 0.15) is 5.56 Å². The molecule has 0 spiro atoms. The summed E-state index contributed by atoms with van der Waals surface area (Å²) in [6, 6.07) is 6.98. The van der Waals surface area contributed by atoms with E-state index in [4.69, 9.17) is 11.6 Å². The van der Waals surface area contributed by atoms with Gasteiger partial charge in [0.15, 0.2) is 6.20 Å². The highest BCUT2D eigenvalue weighted by Crippen LogP contribution is 2.22. The monoisotopic (exact) mass is 220 g/mol. The van der Waals surface area contributed by atoms with E-state index in [1.54, 1.807) is 18.3 Å². The second-order valence-electron chi connectivity index (χ2n) is 3.25. The Hall–Kier alpha value is -1.61. The summed E-state index contributed by atoms with van der Waals surface area (Å²) in [5.41, 5.74) is 2.03. The summed E-state index contributed by atoms with van der Waals surface area (Å²) in [5.74, 6) is 0. The van der Waals surface area contributed by atoms with Crippen molar-refractivity contribution >= 4 is 11.6 Å². The third kappa shape index (κ3) is 1.92. The molecule has 3 nitrogen and oxygen atoms in total. The van der Waals surface area contributed by atoms with Crippen LogP contribution in [0.2, 0.25) is 5.02 Å². The molecule has 0 aliphatic carbocycles. The van der Waals surface area contributed by atoms with Gasteiger partial charge in [-0.05, 0) is 30.7 Å².